The highest BCUT2D eigenvalue weighted by Gasteiger charge is 2.47. The molecule has 1 aliphatic heterocycles. The van der Waals surface area contributed by atoms with E-state index in [2.05, 4.69) is 93.4 Å². The van der Waals surface area contributed by atoms with Crippen molar-refractivity contribution >= 4 is 50.8 Å². The molecule has 3 atom stereocenters. The summed E-state index contributed by atoms with van der Waals surface area (Å²) in [5, 5.41) is 0.0946. The Kier molecular flexibility index (Phi) is 10.7. The summed E-state index contributed by atoms with van der Waals surface area (Å²) in [5.41, 5.74) is -0.389. The average molecular weight is 532 g/mol. The number of amides is 1. The van der Waals surface area contributed by atoms with Gasteiger partial charge in [0.15, 0.2) is 16.6 Å². The Labute approximate surface area is 215 Å². The molecule has 33 heavy (non-hydrogen) atoms. The van der Waals surface area contributed by atoms with Crippen LogP contribution < -0.4 is 0 Å². The maximum Gasteiger partial charge on any atom is 0.230 e. The molecule has 192 valence electrons. The Morgan fingerprint density at radius 2 is 1.70 bits per heavy atom. The van der Waals surface area contributed by atoms with Gasteiger partial charge in [-0.1, -0.05) is 84.6 Å². The summed E-state index contributed by atoms with van der Waals surface area (Å²) in [5.74, 6) is 1.32. The van der Waals surface area contributed by atoms with Crippen LogP contribution in [0.1, 0.15) is 61.8 Å². The summed E-state index contributed by atoms with van der Waals surface area (Å²) in [4.78, 5) is 15.5. The molecule has 4 nitrogen and oxygen atoms in total. The number of rotatable bonds is 10. The first-order chi connectivity index (χ1) is 14.7. The molecule has 0 N–H and O–H groups in total. The lowest BCUT2D eigenvalue weighted by Crippen LogP contribution is -2.54. The van der Waals surface area contributed by atoms with Crippen molar-refractivity contribution < 1.29 is 13.6 Å². The zero-order chi connectivity index (χ0) is 26.0. The van der Waals surface area contributed by atoms with E-state index in [1.165, 1.54) is 0 Å². The second-order valence-corrected chi connectivity index (χ2v) is 23.6. The van der Waals surface area contributed by atoms with Crippen molar-refractivity contribution in [3.8, 4) is 0 Å². The molecule has 0 aromatic carbocycles. The Balaban J connectivity index is 3.34. The second-order valence-electron chi connectivity index (χ2n) is 12.7. The Morgan fingerprint density at radius 1 is 1.15 bits per heavy atom. The first-order valence-corrected chi connectivity index (χ1v) is 19.9. The van der Waals surface area contributed by atoms with Crippen LogP contribution in [0, 0.1) is 11.3 Å². The molecule has 8 heteroatoms. The molecule has 1 fully saturated rings. The molecule has 1 saturated heterocycles. The molecule has 1 heterocycles. The Bertz CT molecular complexity index is 724. The summed E-state index contributed by atoms with van der Waals surface area (Å²) in [6.45, 7) is 28.7. The minimum Gasteiger partial charge on any atom is -0.414 e. The van der Waals surface area contributed by atoms with Crippen molar-refractivity contribution in [1.29, 1.82) is 0 Å². The summed E-state index contributed by atoms with van der Waals surface area (Å²) in [7, 11) is -3.97. The van der Waals surface area contributed by atoms with Gasteiger partial charge in [-0.05, 0) is 50.6 Å². The van der Waals surface area contributed by atoms with Gasteiger partial charge in [-0.2, -0.15) is 0 Å². The quantitative estimate of drug-likeness (QED) is 0.166. The van der Waals surface area contributed by atoms with E-state index in [1.807, 2.05) is 11.8 Å². The monoisotopic (exact) mass is 531 g/mol. The van der Waals surface area contributed by atoms with Gasteiger partial charge in [-0.3, -0.25) is 9.69 Å². The molecular formula is C25H49NO3S2Si2. The van der Waals surface area contributed by atoms with Crippen LogP contribution in [0.3, 0.4) is 0 Å². The van der Waals surface area contributed by atoms with E-state index in [1.54, 1.807) is 11.8 Å². The molecule has 0 aromatic heterocycles. The number of carbonyl (C=O) groups is 1. The highest BCUT2D eigenvalue weighted by molar-refractivity contribution is 8.23. The summed E-state index contributed by atoms with van der Waals surface area (Å²) >= 11 is 7.20. The van der Waals surface area contributed by atoms with E-state index in [0.29, 0.717) is 16.7 Å². The highest BCUT2D eigenvalue weighted by atomic mass is 32.2. The predicted molar refractivity (Wildman–Crippen MR) is 154 cm³/mol. The zero-order valence-corrected chi connectivity index (χ0v) is 27.0. The van der Waals surface area contributed by atoms with E-state index in [-0.39, 0.29) is 34.6 Å². The number of hydrogen-bond acceptors (Lipinski definition) is 5. The van der Waals surface area contributed by atoms with Gasteiger partial charge in [0.1, 0.15) is 4.32 Å². The number of thioether (sulfide) groups is 1. The molecular weight excluding hydrogens is 483 g/mol. The van der Waals surface area contributed by atoms with E-state index >= 15 is 0 Å². The predicted octanol–water partition coefficient (Wildman–Crippen LogP) is 7.47. The Morgan fingerprint density at radius 3 is 2.12 bits per heavy atom. The normalized spacial score (nSPS) is 20.7. The average Bonchev–Trinajstić information content (AvgIpc) is 3.00. The van der Waals surface area contributed by atoms with Gasteiger partial charge < -0.3 is 8.85 Å². The lowest BCUT2D eigenvalue weighted by atomic mass is 9.79. The van der Waals surface area contributed by atoms with Crippen LogP contribution in [0.5, 0.6) is 0 Å². The van der Waals surface area contributed by atoms with Crippen LogP contribution in [-0.2, 0) is 13.6 Å². The van der Waals surface area contributed by atoms with Crippen molar-refractivity contribution in [3.05, 3.63) is 12.2 Å². The number of thiocarbonyl (C=S) groups is 1. The molecule has 0 spiro atoms. The fourth-order valence-corrected chi connectivity index (χ4v) is 7.92. The molecule has 0 bridgehead atoms. The first-order valence-electron chi connectivity index (χ1n) is 12.2. The summed E-state index contributed by atoms with van der Waals surface area (Å²) in [6.07, 6.45) is 4.13. The highest BCUT2D eigenvalue weighted by Crippen LogP contribution is 2.43. The second kappa shape index (κ2) is 11.4. The van der Waals surface area contributed by atoms with Crippen molar-refractivity contribution in [2.45, 2.75) is 118 Å². The smallest absolute Gasteiger partial charge is 0.230 e. The molecule has 0 aliphatic carbocycles. The van der Waals surface area contributed by atoms with Crippen molar-refractivity contribution in [3.63, 3.8) is 0 Å². The molecule has 0 saturated carbocycles. The zero-order valence-electron chi connectivity index (χ0n) is 23.4. The van der Waals surface area contributed by atoms with Gasteiger partial charge in [0.05, 0.1) is 18.6 Å². The first kappa shape index (κ1) is 31.0. The SMILES string of the molecule is C/C=C/[C@H](O[Si](C)(C)C(C)(C)C)C(C)(C)[C@H](CC(=O)N1C(=S)SC[C@H]1C(C)C)O[Si](C)(C)C. The van der Waals surface area contributed by atoms with Gasteiger partial charge in [0.25, 0.3) is 0 Å². The van der Waals surface area contributed by atoms with Crippen LogP contribution in [0.25, 0.3) is 0 Å². The maximum absolute atomic E-state index is 13.6. The Hall–Kier alpha value is 0.00377. The van der Waals surface area contributed by atoms with Gasteiger partial charge in [0.2, 0.25) is 5.91 Å². The standard InChI is InChI=1S/C25H49NO3S2Si2/c1-14-15-20(29-33(12,13)24(4,5)6)25(7,8)21(28-32(9,10)11)16-22(27)26-19(18(2)3)17-31-23(26)30/h14-15,18-21H,16-17H2,1-13H3/b15-14+/t19-,20-,21-/m0/s1. The fraction of sp³-hybridized carbons (Fsp3) is 0.840. The fourth-order valence-electron chi connectivity index (χ4n) is 3.65. The van der Waals surface area contributed by atoms with Crippen LogP contribution in [0.15, 0.2) is 12.2 Å². The third-order valence-electron chi connectivity index (χ3n) is 6.96. The molecule has 0 radical (unpaired) electrons. The van der Waals surface area contributed by atoms with Gasteiger partial charge >= 0.3 is 0 Å². The van der Waals surface area contributed by atoms with E-state index in [4.69, 9.17) is 21.1 Å². The summed E-state index contributed by atoms with van der Waals surface area (Å²) < 4.78 is 14.4. The molecule has 1 amide bonds. The van der Waals surface area contributed by atoms with E-state index in [0.717, 1.165) is 5.75 Å². The lowest BCUT2D eigenvalue weighted by Gasteiger charge is -2.47. The van der Waals surface area contributed by atoms with Crippen LogP contribution in [0.2, 0.25) is 37.8 Å². The molecule has 0 aromatic rings. The van der Waals surface area contributed by atoms with Gasteiger partial charge in [-0.15, -0.1) is 0 Å². The van der Waals surface area contributed by atoms with Crippen LogP contribution >= 0.6 is 24.0 Å². The van der Waals surface area contributed by atoms with Crippen LogP contribution in [-0.4, -0.2) is 55.8 Å². The van der Waals surface area contributed by atoms with Crippen LogP contribution in [0.4, 0.5) is 0 Å². The number of hydrogen-bond donors (Lipinski definition) is 0. The molecule has 1 rings (SSSR count). The van der Waals surface area contributed by atoms with Crippen molar-refractivity contribution in [1.82, 2.24) is 4.90 Å². The van der Waals surface area contributed by atoms with Gasteiger partial charge in [0, 0.05) is 17.2 Å². The summed E-state index contributed by atoms with van der Waals surface area (Å²) in [6, 6.07) is 0.153. The maximum atomic E-state index is 13.6. The number of allylic oxidation sites excluding steroid dienone is 1. The van der Waals surface area contributed by atoms with Crippen molar-refractivity contribution in [2.24, 2.45) is 11.3 Å². The van der Waals surface area contributed by atoms with Gasteiger partial charge in [-0.25, -0.2) is 0 Å². The third kappa shape index (κ3) is 8.28. The molecule has 0 unspecified atom stereocenters. The number of nitrogens with zero attached hydrogens (tertiary/aromatic N) is 1. The molecule has 1 aliphatic rings. The van der Waals surface area contributed by atoms with E-state index in [9.17, 15) is 4.79 Å². The minimum absolute atomic E-state index is 0.0755. The lowest BCUT2D eigenvalue weighted by molar-refractivity contribution is -0.133. The topological polar surface area (TPSA) is 38.8 Å². The number of carbonyl (C=O) groups excluding carboxylic acids is 1. The van der Waals surface area contributed by atoms with E-state index < -0.39 is 16.6 Å². The largest absolute Gasteiger partial charge is 0.414 e. The third-order valence-corrected chi connectivity index (χ3v) is 13.9. The van der Waals surface area contributed by atoms with Crippen molar-refractivity contribution in [2.75, 3.05) is 5.75 Å². The minimum atomic E-state index is -2.04.